The number of aromatic nitrogens is 2. The number of nitrogens with zero attached hydrogens (tertiary/aromatic N) is 2. The molecule has 3 heteroatoms. The molecule has 2 N–H and O–H groups in total. The molecule has 0 bridgehead atoms. The molecule has 3 nitrogen and oxygen atoms in total. The summed E-state index contributed by atoms with van der Waals surface area (Å²) < 4.78 is 2.06. The van der Waals surface area contributed by atoms with Gasteiger partial charge in [0.15, 0.2) is 0 Å². The van der Waals surface area contributed by atoms with Gasteiger partial charge >= 0.3 is 0 Å². The minimum Gasteiger partial charge on any atom is -0.333 e. The van der Waals surface area contributed by atoms with Crippen LogP contribution >= 0.6 is 0 Å². The van der Waals surface area contributed by atoms with Gasteiger partial charge in [0, 0.05) is 18.9 Å². The quantitative estimate of drug-likeness (QED) is 0.813. The summed E-state index contributed by atoms with van der Waals surface area (Å²) >= 11 is 0. The average Bonchev–Trinajstić information content (AvgIpc) is 2.71. The zero-order valence-corrected chi connectivity index (χ0v) is 8.63. The molecule has 78 valence electrons. The molecular formula is C12H15N3. The smallest absolute Gasteiger partial charge is 0.0949 e. The number of benzene rings is 1. The average molecular weight is 201 g/mol. The first-order chi connectivity index (χ1) is 7.38. The first-order valence-corrected chi connectivity index (χ1v) is 5.12. The fourth-order valence-corrected chi connectivity index (χ4v) is 1.64. The van der Waals surface area contributed by atoms with Gasteiger partial charge in [0.05, 0.1) is 6.33 Å². The van der Waals surface area contributed by atoms with Crippen LogP contribution in [0.25, 0.3) is 0 Å². The van der Waals surface area contributed by atoms with Gasteiger partial charge in [-0.15, -0.1) is 0 Å². The largest absolute Gasteiger partial charge is 0.333 e. The van der Waals surface area contributed by atoms with Crippen LogP contribution in [0.5, 0.6) is 0 Å². The number of hydrogen-bond donors (Lipinski definition) is 1. The lowest BCUT2D eigenvalue weighted by atomic mass is 10.1. The van der Waals surface area contributed by atoms with Gasteiger partial charge in [-0.1, -0.05) is 24.3 Å². The van der Waals surface area contributed by atoms with Gasteiger partial charge in [-0.2, -0.15) is 0 Å². The monoisotopic (exact) mass is 201 g/mol. The molecular weight excluding hydrogens is 186 g/mol. The lowest BCUT2D eigenvalue weighted by molar-refractivity contribution is 0.795. The Balaban J connectivity index is 2.11. The van der Waals surface area contributed by atoms with Crippen molar-refractivity contribution in [3.63, 3.8) is 0 Å². The van der Waals surface area contributed by atoms with Crippen molar-refractivity contribution in [3.05, 3.63) is 54.1 Å². The first-order valence-electron chi connectivity index (χ1n) is 5.12. The molecule has 1 heterocycles. The molecule has 0 aliphatic rings. The predicted molar refractivity (Wildman–Crippen MR) is 60.5 cm³/mol. The molecule has 0 spiro atoms. The van der Waals surface area contributed by atoms with Gasteiger partial charge in [-0.05, 0) is 24.1 Å². The molecule has 15 heavy (non-hydrogen) atoms. The van der Waals surface area contributed by atoms with Crippen LogP contribution in [0.4, 0.5) is 0 Å². The van der Waals surface area contributed by atoms with E-state index >= 15 is 0 Å². The number of rotatable bonds is 4. The molecule has 0 fully saturated rings. The van der Waals surface area contributed by atoms with E-state index in [0.717, 1.165) is 13.0 Å². The molecule has 2 aromatic rings. The van der Waals surface area contributed by atoms with E-state index in [0.29, 0.717) is 6.54 Å². The Morgan fingerprint density at radius 2 is 2.13 bits per heavy atom. The van der Waals surface area contributed by atoms with Crippen molar-refractivity contribution in [1.29, 1.82) is 0 Å². The van der Waals surface area contributed by atoms with Crippen LogP contribution in [0.2, 0.25) is 0 Å². The fraction of sp³-hybridized carbons (Fsp3) is 0.250. The van der Waals surface area contributed by atoms with Crippen LogP contribution in [0, 0.1) is 0 Å². The summed E-state index contributed by atoms with van der Waals surface area (Å²) in [6.07, 6.45) is 6.53. The lowest BCUT2D eigenvalue weighted by Crippen LogP contribution is -2.03. The van der Waals surface area contributed by atoms with Crippen molar-refractivity contribution in [2.24, 2.45) is 5.73 Å². The van der Waals surface area contributed by atoms with E-state index < -0.39 is 0 Å². The van der Waals surface area contributed by atoms with E-state index in [2.05, 4.69) is 33.8 Å². The molecule has 0 amide bonds. The Morgan fingerprint density at radius 1 is 1.27 bits per heavy atom. The van der Waals surface area contributed by atoms with E-state index in [4.69, 9.17) is 5.73 Å². The summed E-state index contributed by atoms with van der Waals surface area (Å²) in [5, 5.41) is 0. The van der Waals surface area contributed by atoms with Crippen molar-refractivity contribution in [2.75, 3.05) is 6.54 Å². The van der Waals surface area contributed by atoms with Crippen molar-refractivity contribution >= 4 is 0 Å². The Labute approximate surface area is 89.6 Å². The van der Waals surface area contributed by atoms with Crippen LogP contribution in [0.3, 0.4) is 0 Å². The highest BCUT2D eigenvalue weighted by molar-refractivity contribution is 5.24. The molecule has 0 saturated heterocycles. The SMILES string of the molecule is NCCc1cccc(Cn2ccnc2)c1. The summed E-state index contributed by atoms with van der Waals surface area (Å²) in [5.41, 5.74) is 8.12. The van der Waals surface area contributed by atoms with Crippen molar-refractivity contribution in [3.8, 4) is 0 Å². The highest BCUT2D eigenvalue weighted by atomic mass is 15.0. The van der Waals surface area contributed by atoms with Crippen LogP contribution in [-0.2, 0) is 13.0 Å². The summed E-state index contributed by atoms with van der Waals surface area (Å²) in [5.74, 6) is 0. The van der Waals surface area contributed by atoms with Crippen molar-refractivity contribution < 1.29 is 0 Å². The summed E-state index contributed by atoms with van der Waals surface area (Å²) in [7, 11) is 0. The normalized spacial score (nSPS) is 10.5. The lowest BCUT2D eigenvalue weighted by Gasteiger charge is -2.05. The third-order valence-electron chi connectivity index (χ3n) is 2.35. The molecule has 0 aliphatic carbocycles. The van der Waals surface area contributed by atoms with E-state index in [9.17, 15) is 0 Å². The van der Waals surface area contributed by atoms with Crippen LogP contribution in [0.15, 0.2) is 43.0 Å². The van der Waals surface area contributed by atoms with E-state index in [-0.39, 0.29) is 0 Å². The van der Waals surface area contributed by atoms with E-state index in [1.54, 1.807) is 6.20 Å². The standard InChI is InChI=1S/C12H15N3/c13-5-4-11-2-1-3-12(8-11)9-15-7-6-14-10-15/h1-3,6-8,10H,4-5,9,13H2. The summed E-state index contributed by atoms with van der Waals surface area (Å²) in [6.45, 7) is 1.58. The topological polar surface area (TPSA) is 43.8 Å². The van der Waals surface area contributed by atoms with Gasteiger partial charge in [0.25, 0.3) is 0 Å². The van der Waals surface area contributed by atoms with Gasteiger partial charge in [-0.25, -0.2) is 4.98 Å². The van der Waals surface area contributed by atoms with Crippen LogP contribution in [-0.4, -0.2) is 16.1 Å². The van der Waals surface area contributed by atoms with Gasteiger partial charge < -0.3 is 10.3 Å². The highest BCUT2D eigenvalue weighted by Gasteiger charge is 1.96. The number of imidazole rings is 1. The Bertz CT molecular complexity index is 407. The predicted octanol–water partition coefficient (Wildman–Crippen LogP) is 1.43. The van der Waals surface area contributed by atoms with Gasteiger partial charge in [0.2, 0.25) is 0 Å². The Kier molecular flexibility index (Phi) is 3.15. The summed E-state index contributed by atoms with van der Waals surface area (Å²) in [4.78, 5) is 4.02. The minimum atomic E-state index is 0.703. The van der Waals surface area contributed by atoms with E-state index in [1.165, 1.54) is 11.1 Å². The second-order valence-electron chi connectivity index (χ2n) is 3.59. The van der Waals surface area contributed by atoms with Crippen LogP contribution in [0.1, 0.15) is 11.1 Å². The number of nitrogens with two attached hydrogens (primary N) is 1. The maximum absolute atomic E-state index is 5.53. The summed E-state index contributed by atoms with van der Waals surface area (Å²) in [6, 6.07) is 8.52. The molecule has 0 aliphatic heterocycles. The minimum absolute atomic E-state index is 0.703. The molecule has 2 rings (SSSR count). The second kappa shape index (κ2) is 4.75. The zero-order chi connectivity index (χ0) is 10.5. The molecule has 0 unspecified atom stereocenters. The zero-order valence-electron chi connectivity index (χ0n) is 8.63. The third kappa shape index (κ3) is 2.67. The first kappa shape index (κ1) is 9.93. The van der Waals surface area contributed by atoms with E-state index in [1.807, 2.05) is 12.5 Å². The highest BCUT2D eigenvalue weighted by Crippen LogP contribution is 2.07. The number of hydrogen-bond acceptors (Lipinski definition) is 2. The molecule has 1 aromatic carbocycles. The maximum Gasteiger partial charge on any atom is 0.0949 e. The van der Waals surface area contributed by atoms with Crippen molar-refractivity contribution in [1.82, 2.24) is 9.55 Å². The molecule has 0 saturated carbocycles. The Hall–Kier alpha value is -1.61. The molecule has 0 atom stereocenters. The van der Waals surface area contributed by atoms with Gasteiger partial charge in [-0.3, -0.25) is 0 Å². The maximum atomic E-state index is 5.53. The second-order valence-corrected chi connectivity index (χ2v) is 3.59. The van der Waals surface area contributed by atoms with Crippen LogP contribution < -0.4 is 5.73 Å². The third-order valence-corrected chi connectivity index (χ3v) is 2.35. The molecule has 1 aromatic heterocycles. The Morgan fingerprint density at radius 3 is 2.87 bits per heavy atom. The van der Waals surface area contributed by atoms with Crippen molar-refractivity contribution in [2.45, 2.75) is 13.0 Å². The fourth-order valence-electron chi connectivity index (χ4n) is 1.64. The van der Waals surface area contributed by atoms with Gasteiger partial charge in [0.1, 0.15) is 0 Å². The molecule has 0 radical (unpaired) electrons.